The molecule has 3 aromatic carbocycles. The largest absolute Gasteiger partial charge is 0.508 e. The zero-order valence-corrected chi connectivity index (χ0v) is 17.1. The van der Waals surface area contributed by atoms with Crippen molar-refractivity contribution < 1.29 is 9.84 Å². The number of anilines is 1. The first kappa shape index (κ1) is 21.5. The normalized spacial score (nSPS) is 11.4. The highest BCUT2D eigenvalue weighted by Gasteiger charge is 2.07. The minimum atomic E-state index is 0.314. The Kier molecular flexibility index (Phi) is 8.57. The van der Waals surface area contributed by atoms with Gasteiger partial charge in [0.1, 0.15) is 5.75 Å². The van der Waals surface area contributed by atoms with E-state index in [2.05, 4.69) is 31.2 Å². The molecule has 28 heavy (non-hydrogen) atoms. The molecule has 0 fully saturated rings. The Morgan fingerprint density at radius 2 is 1.29 bits per heavy atom. The molecule has 0 aromatic heterocycles. The Bertz CT molecular complexity index is 807. The van der Waals surface area contributed by atoms with Crippen LogP contribution in [-0.2, 0) is 11.2 Å². The van der Waals surface area contributed by atoms with Crippen LogP contribution in [0.4, 0.5) is 5.69 Å². The summed E-state index contributed by atoms with van der Waals surface area (Å²) >= 11 is 0. The number of benzene rings is 3. The van der Waals surface area contributed by atoms with E-state index < -0.39 is 0 Å². The molecule has 0 amide bonds. The van der Waals surface area contributed by atoms with Crippen LogP contribution in [0.15, 0.2) is 72.8 Å². The highest BCUT2D eigenvalue weighted by Crippen LogP contribution is 2.26. The molecule has 1 unspecified atom stereocenters. The van der Waals surface area contributed by atoms with Crippen LogP contribution in [0.5, 0.6) is 5.75 Å². The molecule has 0 aliphatic rings. The van der Waals surface area contributed by atoms with Crippen LogP contribution in [-0.4, -0.2) is 18.3 Å². The van der Waals surface area contributed by atoms with Gasteiger partial charge in [-0.05, 0) is 72.7 Å². The summed E-state index contributed by atoms with van der Waals surface area (Å²) in [5.74, 6) is 0.745. The highest BCUT2D eigenvalue weighted by atomic mass is 16.5. The fourth-order valence-corrected chi connectivity index (χ4v) is 2.99. The van der Waals surface area contributed by atoms with Crippen molar-refractivity contribution in [3.8, 4) is 16.9 Å². The van der Waals surface area contributed by atoms with Gasteiger partial charge in [0.2, 0.25) is 0 Å². The summed E-state index contributed by atoms with van der Waals surface area (Å²) < 4.78 is 4.83. The smallest absolute Gasteiger partial charge is 0.115 e. The molecule has 3 rings (SSSR count). The number of phenolic OH excluding ortho intramolecular Hbond substituents is 1. The van der Waals surface area contributed by atoms with Crippen molar-refractivity contribution >= 4 is 5.69 Å². The van der Waals surface area contributed by atoms with Crippen LogP contribution >= 0.6 is 0 Å². The molecule has 0 spiro atoms. The molecule has 0 radical (unpaired) electrons. The topological polar surface area (TPSA) is 55.5 Å². The predicted molar refractivity (Wildman–Crippen MR) is 119 cm³/mol. The van der Waals surface area contributed by atoms with Crippen molar-refractivity contribution in [2.24, 2.45) is 0 Å². The van der Waals surface area contributed by atoms with Crippen molar-refractivity contribution in [3.63, 3.8) is 0 Å². The molecule has 0 bridgehead atoms. The van der Waals surface area contributed by atoms with E-state index in [1.165, 1.54) is 22.3 Å². The molecule has 3 nitrogen and oxygen atoms in total. The molecule has 148 valence electrons. The van der Waals surface area contributed by atoms with Crippen molar-refractivity contribution in [1.82, 2.24) is 0 Å². The first-order valence-corrected chi connectivity index (χ1v) is 9.85. The number of hydrogen-bond donors (Lipinski definition) is 2. The number of aromatic hydroxyl groups is 1. The molecular weight excluding hydrogens is 346 g/mol. The van der Waals surface area contributed by atoms with Crippen molar-refractivity contribution in [2.45, 2.75) is 33.1 Å². The van der Waals surface area contributed by atoms with Crippen molar-refractivity contribution in [1.29, 1.82) is 0 Å². The lowest BCUT2D eigenvalue weighted by Crippen LogP contribution is -1.98. The molecule has 1 atom stereocenters. The second-order valence-corrected chi connectivity index (χ2v) is 6.80. The van der Waals surface area contributed by atoms with E-state index in [1.807, 2.05) is 50.2 Å². The van der Waals surface area contributed by atoms with E-state index in [0.29, 0.717) is 11.7 Å². The molecule has 3 N–H and O–H groups in total. The van der Waals surface area contributed by atoms with Gasteiger partial charge in [-0.2, -0.15) is 0 Å². The summed E-state index contributed by atoms with van der Waals surface area (Å²) in [5, 5.41) is 9.36. The molecule has 0 saturated heterocycles. The van der Waals surface area contributed by atoms with Crippen LogP contribution in [0.25, 0.3) is 11.1 Å². The molecular formula is C25H31NO2. The summed E-state index contributed by atoms with van der Waals surface area (Å²) in [7, 11) is 0. The molecule has 3 heteroatoms. The number of phenols is 1. The van der Waals surface area contributed by atoms with Gasteiger partial charge >= 0.3 is 0 Å². The standard InChI is InChI=1S/C21H21NO.C4H10O/c1-15(14-16-2-12-21(23)13-3-16)17-4-6-18(7-5-17)19-8-10-20(22)11-9-19;1-3-5-4-2/h2-13,15,23H,14,22H2,1H3;3-4H2,1-2H3. The van der Waals surface area contributed by atoms with Gasteiger partial charge in [-0.15, -0.1) is 0 Å². The van der Waals surface area contributed by atoms with E-state index in [9.17, 15) is 5.11 Å². The number of rotatable bonds is 6. The molecule has 0 heterocycles. The summed E-state index contributed by atoms with van der Waals surface area (Å²) in [5.41, 5.74) is 11.4. The van der Waals surface area contributed by atoms with Gasteiger partial charge in [-0.3, -0.25) is 0 Å². The second-order valence-electron chi connectivity index (χ2n) is 6.80. The third-order valence-electron chi connectivity index (χ3n) is 4.61. The highest BCUT2D eigenvalue weighted by molar-refractivity contribution is 5.65. The van der Waals surface area contributed by atoms with E-state index in [0.717, 1.165) is 25.3 Å². The Morgan fingerprint density at radius 1 is 0.786 bits per heavy atom. The maximum Gasteiger partial charge on any atom is 0.115 e. The Balaban J connectivity index is 0.000000500. The van der Waals surface area contributed by atoms with Crippen molar-refractivity contribution in [2.75, 3.05) is 18.9 Å². The molecule has 0 aliphatic carbocycles. The third-order valence-corrected chi connectivity index (χ3v) is 4.61. The van der Waals surface area contributed by atoms with Crippen LogP contribution in [0.3, 0.4) is 0 Å². The maximum atomic E-state index is 9.36. The van der Waals surface area contributed by atoms with Gasteiger partial charge in [0.25, 0.3) is 0 Å². The van der Waals surface area contributed by atoms with Gasteiger partial charge in [0, 0.05) is 18.9 Å². The summed E-state index contributed by atoms with van der Waals surface area (Å²) in [6.07, 6.45) is 0.960. The second kappa shape index (κ2) is 11.2. The Hall–Kier alpha value is -2.78. The lowest BCUT2D eigenvalue weighted by Gasteiger charge is -2.13. The monoisotopic (exact) mass is 377 g/mol. The van der Waals surface area contributed by atoms with E-state index in [1.54, 1.807) is 12.1 Å². The van der Waals surface area contributed by atoms with E-state index >= 15 is 0 Å². The number of hydrogen-bond acceptors (Lipinski definition) is 3. The van der Waals surface area contributed by atoms with Crippen LogP contribution in [0, 0.1) is 0 Å². The first-order chi connectivity index (χ1) is 13.5. The van der Waals surface area contributed by atoms with Crippen LogP contribution in [0.1, 0.15) is 37.8 Å². The zero-order chi connectivity index (χ0) is 20.4. The van der Waals surface area contributed by atoms with Crippen LogP contribution in [0.2, 0.25) is 0 Å². The predicted octanol–water partition coefficient (Wildman–Crippen LogP) is 6.03. The van der Waals surface area contributed by atoms with E-state index in [4.69, 9.17) is 10.5 Å². The average molecular weight is 378 g/mol. The Morgan fingerprint density at radius 3 is 1.75 bits per heavy atom. The number of nitrogens with two attached hydrogens (primary N) is 1. The Labute approximate surface area is 168 Å². The summed E-state index contributed by atoms with van der Waals surface area (Å²) in [4.78, 5) is 0. The quantitative estimate of drug-likeness (QED) is 0.516. The lowest BCUT2D eigenvalue weighted by molar-refractivity contribution is 0.162. The average Bonchev–Trinajstić information content (AvgIpc) is 2.71. The third kappa shape index (κ3) is 6.75. The van der Waals surface area contributed by atoms with E-state index in [-0.39, 0.29) is 0 Å². The minimum absolute atomic E-state index is 0.314. The SMILES string of the molecule is CC(Cc1ccc(O)cc1)c1ccc(-c2ccc(N)cc2)cc1.CCOCC. The number of nitrogen functional groups attached to an aromatic ring is 1. The van der Waals surface area contributed by atoms with Crippen LogP contribution < -0.4 is 5.73 Å². The minimum Gasteiger partial charge on any atom is -0.508 e. The fourth-order valence-electron chi connectivity index (χ4n) is 2.99. The number of ether oxygens (including phenoxy) is 1. The van der Waals surface area contributed by atoms with Gasteiger partial charge in [0.15, 0.2) is 0 Å². The summed E-state index contributed by atoms with van der Waals surface area (Å²) in [6, 6.07) is 24.1. The van der Waals surface area contributed by atoms with Gasteiger partial charge in [0.05, 0.1) is 0 Å². The summed E-state index contributed by atoms with van der Waals surface area (Å²) in [6.45, 7) is 7.89. The zero-order valence-electron chi connectivity index (χ0n) is 17.1. The molecule has 0 aliphatic heterocycles. The van der Waals surface area contributed by atoms with Gasteiger partial charge < -0.3 is 15.6 Å². The molecule has 0 saturated carbocycles. The maximum absolute atomic E-state index is 9.36. The first-order valence-electron chi connectivity index (χ1n) is 9.85. The van der Waals surface area contributed by atoms with Gasteiger partial charge in [-0.25, -0.2) is 0 Å². The van der Waals surface area contributed by atoms with Crippen molar-refractivity contribution in [3.05, 3.63) is 83.9 Å². The fraction of sp³-hybridized carbons (Fsp3) is 0.280. The van der Waals surface area contributed by atoms with Gasteiger partial charge in [-0.1, -0.05) is 55.5 Å². The molecule has 3 aromatic rings. The lowest BCUT2D eigenvalue weighted by atomic mass is 9.92.